The Morgan fingerprint density at radius 3 is 3.00 bits per heavy atom. The minimum absolute atomic E-state index is 0.0484. The van der Waals surface area contributed by atoms with Crippen molar-refractivity contribution in [3.8, 4) is 11.5 Å². The monoisotopic (exact) mass is 373 g/mol. The van der Waals surface area contributed by atoms with Crippen LogP contribution in [-0.4, -0.2) is 44.6 Å². The number of phenolic OH excluding ortho intramolecular Hbond substituents is 1. The van der Waals surface area contributed by atoms with E-state index >= 15 is 0 Å². The number of thioether (sulfide) groups is 1. The Morgan fingerprint density at radius 2 is 2.27 bits per heavy atom. The fourth-order valence-corrected chi connectivity index (χ4v) is 3.39. The molecule has 136 valence electrons. The molecule has 0 aliphatic carbocycles. The molecule has 26 heavy (non-hydrogen) atoms. The molecular formula is C17H19N5O3S. The fourth-order valence-electron chi connectivity index (χ4n) is 3.03. The summed E-state index contributed by atoms with van der Waals surface area (Å²) in [5, 5.41) is 13.8. The zero-order valence-corrected chi connectivity index (χ0v) is 15.3. The maximum absolute atomic E-state index is 9.99. The first-order chi connectivity index (χ1) is 12.7. The molecule has 9 heteroatoms. The molecule has 1 aromatic carbocycles. The van der Waals surface area contributed by atoms with Crippen molar-refractivity contribution < 1.29 is 14.6 Å². The summed E-state index contributed by atoms with van der Waals surface area (Å²) >= 11 is 1.45. The summed E-state index contributed by atoms with van der Waals surface area (Å²) in [6, 6.07) is 5.11. The van der Waals surface area contributed by atoms with E-state index in [2.05, 4.69) is 20.3 Å². The lowest BCUT2D eigenvalue weighted by Gasteiger charge is -2.14. The summed E-state index contributed by atoms with van der Waals surface area (Å²) in [5.74, 6) is 0.960. The topological polar surface area (TPSA) is 94.3 Å². The molecule has 1 aliphatic rings. The SMILES string of the molecule is COc1c(O)cccc1Nc1nc(SC)nc2c1ncn2C1CCCO1. The van der Waals surface area contributed by atoms with Crippen LogP contribution in [0.2, 0.25) is 0 Å². The first-order valence-electron chi connectivity index (χ1n) is 8.24. The highest BCUT2D eigenvalue weighted by atomic mass is 32.2. The molecule has 1 unspecified atom stereocenters. The number of anilines is 2. The van der Waals surface area contributed by atoms with Gasteiger partial charge in [0.15, 0.2) is 33.6 Å². The first kappa shape index (κ1) is 16.9. The molecule has 0 spiro atoms. The molecule has 1 saturated heterocycles. The van der Waals surface area contributed by atoms with Crippen molar-refractivity contribution in [3.05, 3.63) is 24.5 Å². The lowest BCUT2D eigenvalue weighted by atomic mass is 10.2. The van der Waals surface area contributed by atoms with E-state index < -0.39 is 0 Å². The smallest absolute Gasteiger partial charge is 0.191 e. The third-order valence-corrected chi connectivity index (χ3v) is 4.80. The van der Waals surface area contributed by atoms with Crippen molar-refractivity contribution in [2.24, 2.45) is 0 Å². The van der Waals surface area contributed by atoms with Crippen molar-refractivity contribution in [2.75, 3.05) is 25.3 Å². The molecule has 0 amide bonds. The second-order valence-electron chi connectivity index (χ2n) is 5.83. The van der Waals surface area contributed by atoms with Gasteiger partial charge in [0.2, 0.25) is 0 Å². The van der Waals surface area contributed by atoms with Crippen molar-refractivity contribution in [1.82, 2.24) is 19.5 Å². The average Bonchev–Trinajstić information content (AvgIpc) is 3.31. The number of hydrogen-bond donors (Lipinski definition) is 2. The van der Waals surface area contributed by atoms with E-state index in [0.29, 0.717) is 27.9 Å². The van der Waals surface area contributed by atoms with E-state index in [1.807, 2.05) is 16.9 Å². The van der Waals surface area contributed by atoms with Gasteiger partial charge in [0, 0.05) is 6.61 Å². The Balaban J connectivity index is 1.81. The molecule has 3 heterocycles. The highest BCUT2D eigenvalue weighted by molar-refractivity contribution is 7.98. The van der Waals surface area contributed by atoms with E-state index in [9.17, 15) is 5.11 Å². The van der Waals surface area contributed by atoms with Crippen molar-refractivity contribution in [3.63, 3.8) is 0 Å². The largest absolute Gasteiger partial charge is 0.504 e. The van der Waals surface area contributed by atoms with Crippen LogP contribution in [0.5, 0.6) is 11.5 Å². The Labute approximate surface area is 154 Å². The maximum atomic E-state index is 9.99. The third-order valence-electron chi connectivity index (χ3n) is 4.25. The van der Waals surface area contributed by atoms with Crippen molar-refractivity contribution in [2.45, 2.75) is 24.2 Å². The Bertz CT molecular complexity index is 940. The van der Waals surface area contributed by atoms with Gasteiger partial charge in [-0.15, -0.1) is 0 Å². The van der Waals surface area contributed by atoms with E-state index in [1.54, 1.807) is 18.5 Å². The minimum Gasteiger partial charge on any atom is -0.504 e. The Hall–Kier alpha value is -2.52. The van der Waals surface area contributed by atoms with E-state index in [4.69, 9.17) is 9.47 Å². The number of nitrogens with zero attached hydrogens (tertiary/aromatic N) is 4. The van der Waals surface area contributed by atoms with E-state index in [0.717, 1.165) is 25.1 Å². The number of methoxy groups -OCH3 is 1. The van der Waals surface area contributed by atoms with Gasteiger partial charge in [-0.3, -0.25) is 4.57 Å². The minimum atomic E-state index is -0.0484. The normalized spacial score (nSPS) is 16.9. The predicted molar refractivity (Wildman–Crippen MR) is 99.3 cm³/mol. The number of hydrogen-bond acceptors (Lipinski definition) is 8. The fraction of sp³-hybridized carbons (Fsp3) is 0.353. The average molecular weight is 373 g/mol. The van der Waals surface area contributed by atoms with E-state index in [1.165, 1.54) is 18.9 Å². The van der Waals surface area contributed by atoms with Crippen LogP contribution in [0.15, 0.2) is 29.7 Å². The molecule has 1 aliphatic heterocycles. The number of rotatable bonds is 5. The van der Waals surface area contributed by atoms with Gasteiger partial charge in [0.1, 0.15) is 6.23 Å². The number of benzene rings is 1. The van der Waals surface area contributed by atoms with Gasteiger partial charge in [-0.05, 0) is 31.2 Å². The van der Waals surface area contributed by atoms with Crippen LogP contribution in [0.4, 0.5) is 11.5 Å². The summed E-state index contributed by atoms with van der Waals surface area (Å²) in [6.07, 6.45) is 5.58. The quantitative estimate of drug-likeness (QED) is 0.520. The van der Waals surface area contributed by atoms with Gasteiger partial charge < -0.3 is 19.9 Å². The summed E-state index contributed by atoms with van der Waals surface area (Å²) in [4.78, 5) is 13.7. The summed E-state index contributed by atoms with van der Waals surface area (Å²) in [7, 11) is 1.51. The van der Waals surface area contributed by atoms with Crippen LogP contribution in [0.25, 0.3) is 11.2 Å². The van der Waals surface area contributed by atoms with Crippen molar-refractivity contribution in [1.29, 1.82) is 0 Å². The Kier molecular flexibility index (Phi) is 4.56. The summed E-state index contributed by atoms with van der Waals surface area (Å²) in [6.45, 7) is 0.746. The van der Waals surface area contributed by atoms with Crippen LogP contribution < -0.4 is 10.1 Å². The van der Waals surface area contributed by atoms with Gasteiger partial charge in [-0.1, -0.05) is 17.8 Å². The molecule has 0 radical (unpaired) electrons. The van der Waals surface area contributed by atoms with Crippen LogP contribution in [0.1, 0.15) is 19.1 Å². The molecular weight excluding hydrogens is 354 g/mol. The van der Waals surface area contributed by atoms with Crippen LogP contribution >= 0.6 is 11.8 Å². The zero-order chi connectivity index (χ0) is 18.1. The number of para-hydroxylation sites is 1. The summed E-state index contributed by atoms with van der Waals surface area (Å²) < 4.78 is 13.0. The number of nitrogens with one attached hydrogen (secondary N) is 1. The maximum Gasteiger partial charge on any atom is 0.191 e. The summed E-state index contributed by atoms with van der Waals surface area (Å²) in [5.41, 5.74) is 1.97. The second-order valence-corrected chi connectivity index (χ2v) is 6.61. The molecule has 2 N–H and O–H groups in total. The van der Waals surface area contributed by atoms with Crippen molar-refractivity contribution >= 4 is 34.4 Å². The van der Waals surface area contributed by atoms with Gasteiger partial charge in [-0.2, -0.15) is 0 Å². The van der Waals surface area contributed by atoms with Gasteiger partial charge >= 0.3 is 0 Å². The number of imidazole rings is 1. The second kappa shape index (κ2) is 7.00. The third kappa shape index (κ3) is 2.93. The molecule has 3 aromatic rings. The molecule has 1 atom stereocenters. The number of fused-ring (bicyclic) bond motifs is 1. The van der Waals surface area contributed by atoms with Crippen LogP contribution in [0.3, 0.4) is 0 Å². The predicted octanol–water partition coefficient (Wildman–Crippen LogP) is 3.32. The lowest BCUT2D eigenvalue weighted by molar-refractivity contribution is 0.0592. The Morgan fingerprint density at radius 1 is 1.38 bits per heavy atom. The van der Waals surface area contributed by atoms with Crippen LogP contribution in [0, 0.1) is 0 Å². The highest BCUT2D eigenvalue weighted by Gasteiger charge is 2.23. The highest BCUT2D eigenvalue weighted by Crippen LogP contribution is 2.37. The number of aromatic hydroxyl groups is 1. The van der Waals surface area contributed by atoms with Crippen LogP contribution in [-0.2, 0) is 4.74 Å². The standard InChI is InChI=1S/C17H19N5O3S/c1-24-14-10(5-3-6-11(14)23)19-15-13-16(21-17(20-15)26-2)22(9-18-13)12-7-4-8-25-12/h3,5-6,9,12,23H,4,7-8H2,1-2H3,(H,19,20,21). The van der Waals surface area contributed by atoms with Gasteiger partial charge in [0.05, 0.1) is 19.1 Å². The van der Waals surface area contributed by atoms with Gasteiger partial charge in [-0.25, -0.2) is 15.0 Å². The molecule has 2 aromatic heterocycles. The number of phenols is 1. The lowest BCUT2D eigenvalue weighted by Crippen LogP contribution is -2.07. The zero-order valence-electron chi connectivity index (χ0n) is 14.5. The molecule has 0 saturated carbocycles. The van der Waals surface area contributed by atoms with Gasteiger partial charge in [0.25, 0.3) is 0 Å². The molecule has 1 fully saturated rings. The van der Waals surface area contributed by atoms with E-state index in [-0.39, 0.29) is 12.0 Å². The molecule has 0 bridgehead atoms. The molecule has 4 rings (SSSR count). The molecule has 8 nitrogen and oxygen atoms in total. The first-order valence-corrected chi connectivity index (χ1v) is 9.47. The number of aromatic nitrogens is 4. The number of ether oxygens (including phenoxy) is 2.